The molecule has 1 saturated heterocycles. The number of alkyl halides is 3. The summed E-state index contributed by atoms with van der Waals surface area (Å²) in [5, 5.41) is 0. The van der Waals surface area contributed by atoms with Crippen LogP contribution in [0, 0.1) is 5.82 Å². The zero-order chi connectivity index (χ0) is 22.2. The lowest BCUT2D eigenvalue weighted by atomic mass is 10.2. The van der Waals surface area contributed by atoms with Crippen molar-refractivity contribution in [2.45, 2.75) is 12.7 Å². The molecule has 6 nitrogen and oxygen atoms in total. The van der Waals surface area contributed by atoms with E-state index in [1.54, 1.807) is 12.1 Å². The summed E-state index contributed by atoms with van der Waals surface area (Å²) in [6, 6.07) is 7.61. The fourth-order valence-corrected chi connectivity index (χ4v) is 5.09. The lowest BCUT2D eigenvalue weighted by molar-refractivity contribution is -0.134. The fraction of sp³-hybridized carbons (Fsp3) is 0.316. The number of anilines is 2. The maximum absolute atomic E-state index is 13.1. The SMILES string of the molecule is O=c1nc(N2CCN(c3ccc(F)cc3)CC2)ncn1Cc1cc(Br)c(C(F)(F)F)s1. The molecule has 4 rings (SSSR count). The van der Waals surface area contributed by atoms with Crippen molar-refractivity contribution in [3.05, 3.63) is 67.2 Å². The Hall–Kier alpha value is -2.47. The normalized spacial score (nSPS) is 14.9. The van der Waals surface area contributed by atoms with E-state index < -0.39 is 16.7 Å². The van der Waals surface area contributed by atoms with E-state index in [0.29, 0.717) is 42.4 Å². The van der Waals surface area contributed by atoms with Crippen LogP contribution < -0.4 is 15.5 Å². The van der Waals surface area contributed by atoms with Gasteiger partial charge in [0.15, 0.2) is 0 Å². The molecule has 1 aliphatic heterocycles. The number of nitrogens with zero attached hydrogens (tertiary/aromatic N) is 5. The molecule has 3 aromatic rings. The molecule has 0 spiro atoms. The number of hydrogen-bond acceptors (Lipinski definition) is 6. The Labute approximate surface area is 186 Å². The van der Waals surface area contributed by atoms with Gasteiger partial charge in [-0.15, -0.1) is 11.3 Å². The van der Waals surface area contributed by atoms with Crippen molar-refractivity contribution in [3.8, 4) is 0 Å². The first-order valence-corrected chi connectivity index (χ1v) is 10.9. The zero-order valence-corrected chi connectivity index (χ0v) is 18.3. The first kappa shape index (κ1) is 21.8. The van der Waals surface area contributed by atoms with Crippen molar-refractivity contribution < 1.29 is 17.6 Å². The van der Waals surface area contributed by atoms with Gasteiger partial charge in [0, 0.05) is 41.2 Å². The molecular weight excluding hydrogens is 502 g/mol. The first-order chi connectivity index (χ1) is 14.7. The van der Waals surface area contributed by atoms with Crippen LogP contribution in [0.2, 0.25) is 0 Å². The van der Waals surface area contributed by atoms with Crippen LogP contribution >= 0.6 is 27.3 Å². The van der Waals surface area contributed by atoms with E-state index in [9.17, 15) is 22.4 Å². The topological polar surface area (TPSA) is 54.3 Å². The third-order valence-electron chi connectivity index (χ3n) is 4.83. The minimum Gasteiger partial charge on any atom is -0.368 e. The molecule has 0 radical (unpaired) electrons. The summed E-state index contributed by atoms with van der Waals surface area (Å²) in [5.41, 5.74) is 0.335. The molecule has 0 N–H and O–H groups in total. The second-order valence-electron chi connectivity index (χ2n) is 6.90. The number of rotatable bonds is 4. The van der Waals surface area contributed by atoms with Crippen molar-refractivity contribution in [1.29, 1.82) is 0 Å². The summed E-state index contributed by atoms with van der Waals surface area (Å²) in [7, 11) is 0. The second kappa shape index (κ2) is 8.58. The number of aromatic nitrogens is 3. The van der Waals surface area contributed by atoms with Crippen molar-refractivity contribution in [1.82, 2.24) is 14.5 Å². The minimum atomic E-state index is -4.46. The average Bonchev–Trinajstić information content (AvgIpc) is 3.11. The van der Waals surface area contributed by atoms with Gasteiger partial charge in [-0.2, -0.15) is 18.2 Å². The van der Waals surface area contributed by atoms with Crippen molar-refractivity contribution in [3.63, 3.8) is 0 Å². The Morgan fingerprint density at radius 2 is 1.71 bits per heavy atom. The predicted molar refractivity (Wildman–Crippen MR) is 113 cm³/mol. The Kier molecular flexibility index (Phi) is 6.02. The highest BCUT2D eigenvalue weighted by atomic mass is 79.9. The Morgan fingerprint density at radius 3 is 2.29 bits per heavy atom. The van der Waals surface area contributed by atoms with E-state index in [2.05, 4.69) is 30.8 Å². The van der Waals surface area contributed by atoms with Gasteiger partial charge in [-0.05, 0) is 46.3 Å². The molecule has 31 heavy (non-hydrogen) atoms. The molecule has 0 amide bonds. The van der Waals surface area contributed by atoms with Crippen LogP contribution in [-0.2, 0) is 12.7 Å². The standard InChI is InChI=1S/C19H16BrF4N5OS/c20-15-9-14(31-16(15)19(22,23)24)10-29-11-25-17(26-18(29)30)28-7-5-27(6-8-28)13-3-1-12(21)2-4-13/h1-4,9,11H,5-8,10H2. The summed E-state index contributed by atoms with van der Waals surface area (Å²) in [4.78, 5) is 24.2. The van der Waals surface area contributed by atoms with E-state index in [1.807, 2.05) is 4.90 Å². The molecule has 164 valence electrons. The summed E-state index contributed by atoms with van der Waals surface area (Å²) >= 11 is 3.49. The molecule has 1 aliphatic rings. The molecule has 3 heterocycles. The molecule has 0 saturated carbocycles. The Balaban J connectivity index is 1.42. The molecule has 0 atom stereocenters. The fourth-order valence-electron chi connectivity index (χ4n) is 3.28. The summed E-state index contributed by atoms with van der Waals surface area (Å²) in [6.45, 7) is 2.42. The number of benzene rings is 1. The average molecular weight is 518 g/mol. The van der Waals surface area contributed by atoms with Gasteiger partial charge in [0.05, 0.1) is 6.54 Å². The van der Waals surface area contributed by atoms with Gasteiger partial charge >= 0.3 is 11.9 Å². The van der Waals surface area contributed by atoms with Crippen molar-refractivity contribution in [2.24, 2.45) is 0 Å². The van der Waals surface area contributed by atoms with Gasteiger partial charge in [0.25, 0.3) is 0 Å². The molecule has 0 aliphatic carbocycles. The highest BCUT2D eigenvalue weighted by Crippen LogP contribution is 2.40. The molecule has 1 aromatic carbocycles. The third-order valence-corrected chi connectivity index (χ3v) is 6.88. The van der Waals surface area contributed by atoms with Crippen LogP contribution in [0.3, 0.4) is 0 Å². The molecule has 0 unspecified atom stereocenters. The van der Waals surface area contributed by atoms with Crippen LogP contribution in [-0.4, -0.2) is 40.7 Å². The molecule has 12 heteroatoms. The van der Waals surface area contributed by atoms with Crippen LogP contribution in [0.25, 0.3) is 0 Å². The summed E-state index contributed by atoms with van der Waals surface area (Å²) in [6.07, 6.45) is -3.15. The van der Waals surface area contributed by atoms with Gasteiger partial charge in [-0.3, -0.25) is 4.57 Å². The highest BCUT2D eigenvalue weighted by Gasteiger charge is 2.35. The van der Waals surface area contributed by atoms with Gasteiger partial charge < -0.3 is 9.80 Å². The quantitative estimate of drug-likeness (QED) is 0.489. The van der Waals surface area contributed by atoms with E-state index in [1.165, 1.54) is 29.1 Å². The van der Waals surface area contributed by atoms with Crippen LogP contribution in [0.1, 0.15) is 9.75 Å². The molecule has 1 fully saturated rings. The number of halogens is 5. The Bertz CT molecular complexity index is 1120. The van der Waals surface area contributed by atoms with Gasteiger partial charge in [0.2, 0.25) is 5.95 Å². The molecule has 2 aromatic heterocycles. The molecule has 0 bridgehead atoms. The van der Waals surface area contributed by atoms with Gasteiger partial charge in [-0.25, -0.2) is 14.2 Å². The van der Waals surface area contributed by atoms with Crippen molar-refractivity contribution in [2.75, 3.05) is 36.0 Å². The number of thiophene rings is 1. The van der Waals surface area contributed by atoms with Gasteiger partial charge in [-0.1, -0.05) is 0 Å². The van der Waals surface area contributed by atoms with Crippen LogP contribution in [0.4, 0.5) is 29.2 Å². The smallest absolute Gasteiger partial charge is 0.368 e. The van der Waals surface area contributed by atoms with E-state index in [0.717, 1.165) is 5.69 Å². The van der Waals surface area contributed by atoms with E-state index in [-0.39, 0.29) is 22.8 Å². The predicted octanol–water partition coefficient (Wildman–Crippen LogP) is 4.00. The second-order valence-corrected chi connectivity index (χ2v) is 8.90. The number of piperazine rings is 1. The monoisotopic (exact) mass is 517 g/mol. The lowest BCUT2D eigenvalue weighted by Gasteiger charge is -2.36. The van der Waals surface area contributed by atoms with Crippen molar-refractivity contribution >= 4 is 38.9 Å². The first-order valence-electron chi connectivity index (χ1n) is 9.25. The van der Waals surface area contributed by atoms with E-state index >= 15 is 0 Å². The maximum Gasteiger partial charge on any atom is 0.426 e. The summed E-state index contributed by atoms with van der Waals surface area (Å²) < 4.78 is 53.1. The Morgan fingerprint density at radius 1 is 1.06 bits per heavy atom. The van der Waals surface area contributed by atoms with Crippen LogP contribution in [0.5, 0.6) is 0 Å². The lowest BCUT2D eigenvalue weighted by Crippen LogP contribution is -2.47. The summed E-state index contributed by atoms with van der Waals surface area (Å²) in [5.74, 6) is -0.00997. The van der Waals surface area contributed by atoms with Gasteiger partial charge in [0.1, 0.15) is 17.0 Å². The number of hydrogen-bond donors (Lipinski definition) is 0. The molecular formula is C19H16BrF4N5OS. The maximum atomic E-state index is 13.1. The highest BCUT2D eigenvalue weighted by molar-refractivity contribution is 9.10. The minimum absolute atomic E-state index is 0.0448. The zero-order valence-electron chi connectivity index (χ0n) is 15.9. The largest absolute Gasteiger partial charge is 0.426 e. The van der Waals surface area contributed by atoms with E-state index in [4.69, 9.17) is 0 Å². The van der Waals surface area contributed by atoms with Crippen LogP contribution in [0.15, 0.2) is 45.9 Å². The third kappa shape index (κ3) is 4.90.